The Bertz CT molecular complexity index is 824. The van der Waals surface area contributed by atoms with Crippen LogP contribution in [0.25, 0.3) is 11.1 Å². The molecule has 0 amide bonds. The van der Waals surface area contributed by atoms with Crippen molar-refractivity contribution in [2.45, 2.75) is 6.92 Å². The second-order valence-electron chi connectivity index (χ2n) is 5.28. The van der Waals surface area contributed by atoms with Crippen LogP contribution in [0.3, 0.4) is 0 Å². The first-order valence-corrected chi connectivity index (χ1v) is 13.9. The third kappa shape index (κ3) is 6.11. The van der Waals surface area contributed by atoms with Gasteiger partial charge >= 0.3 is 37.9 Å². The van der Waals surface area contributed by atoms with Crippen molar-refractivity contribution >= 4 is 28.9 Å². The first-order valence-electron chi connectivity index (χ1n) is 7.60. The maximum atomic E-state index is 10.6. The number of aromatic hydroxyl groups is 1. The fourth-order valence-corrected chi connectivity index (χ4v) is 2.40. The summed E-state index contributed by atoms with van der Waals surface area (Å²) >= 11 is -0.826. The summed E-state index contributed by atoms with van der Waals surface area (Å²) in [4.78, 5) is 4.43. The maximum absolute atomic E-state index is 10.6. The van der Waals surface area contributed by atoms with Crippen LogP contribution in [0.2, 0.25) is 0 Å². The molecule has 25 heavy (non-hydrogen) atoms. The molecule has 0 radical (unpaired) electrons. The summed E-state index contributed by atoms with van der Waals surface area (Å²) in [6.07, 6.45) is 1.71. The number of aliphatic imine (C=N–C) groups is 1. The van der Waals surface area contributed by atoms with Gasteiger partial charge in [-0.1, -0.05) is 48.5 Å². The average Bonchev–Trinajstić information content (AvgIpc) is 2.64. The zero-order valence-electron chi connectivity index (χ0n) is 13.7. The Morgan fingerprint density at radius 2 is 1.48 bits per heavy atom. The molecule has 0 fully saturated rings. The van der Waals surface area contributed by atoms with Crippen molar-refractivity contribution in [1.29, 1.82) is 0 Å². The van der Waals surface area contributed by atoms with Crippen LogP contribution in [0, 0.1) is 6.92 Å². The predicted octanol–water partition coefficient (Wildman–Crippen LogP) is 6.49. The summed E-state index contributed by atoms with van der Waals surface area (Å²) in [5.41, 5.74) is 4.51. The van der Waals surface area contributed by atoms with E-state index >= 15 is 0 Å². The summed E-state index contributed by atoms with van der Waals surface area (Å²) in [5.74, 6) is 0.261. The Kier molecular flexibility index (Phi) is 8.41. The van der Waals surface area contributed by atoms with Gasteiger partial charge < -0.3 is 5.11 Å². The number of para-hydroxylation sites is 1. The monoisotopic (exact) mass is 447 g/mol. The number of phenols is 1. The van der Waals surface area contributed by atoms with Crippen molar-refractivity contribution in [2.75, 3.05) is 0 Å². The molecule has 3 rings (SSSR count). The predicted molar refractivity (Wildman–Crippen MR) is 104 cm³/mol. The zero-order valence-corrected chi connectivity index (χ0v) is 17.6. The fourth-order valence-electron chi connectivity index (χ4n) is 2.40. The van der Waals surface area contributed by atoms with E-state index in [4.69, 9.17) is 17.0 Å². The van der Waals surface area contributed by atoms with Crippen molar-refractivity contribution in [1.82, 2.24) is 0 Å². The molecule has 126 valence electrons. The van der Waals surface area contributed by atoms with Crippen molar-refractivity contribution in [3.63, 3.8) is 0 Å². The van der Waals surface area contributed by atoms with Crippen LogP contribution in [0.15, 0.2) is 77.8 Å². The normalized spacial score (nSPS) is 10.2. The number of halogens is 2. The van der Waals surface area contributed by atoms with E-state index in [0.29, 0.717) is 0 Å². The number of hydrogen-bond donors (Lipinski definition) is 1. The van der Waals surface area contributed by atoms with Crippen molar-refractivity contribution < 1.29 is 26.0 Å². The van der Waals surface area contributed by atoms with Gasteiger partial charge in [-0.05, 0) is 42.3 Å². The fraction of sp³-hybridized carbons (Fsp3) is 0.0500. The molecular weight excluding hydrogens is 432 g/mol. The molecule has 0 saturated carbocycles. The molecule has 0 spiro atoms. The third-order valence-electron chi connectivity index (χ3n) is 3.48. The molecule has 3 aromatic rings. The Morgan fingerprint density at radius 3 is 2.08 bits per heavy atom. The zero-order chi connectivity index (χ0) is 18.1. The molecule has 0 atom stereocenters. The number of phenolic OH excluding ortho intramolecular Hbond substituents is 1. The quantitative estimate of drug-likeness (QED) is 0.455. The van der Waals surface area contributed by atoms with E-state index in [1.54, 1.807) is 6.21 Å². The molecule has 2 nitrogen and oxygen atoms in total. The first-order chi connectivity index (χ1) is 12.2. The van der Waals surface area contributed by atoms with Gasteiger partial charge in [0.05, 0.1) is 5.69 Å². The molecule has 0 aromatic heterocycles. The van der Waals surface area contributed by atoms with Gasteiger partial charge in [0.2, 0.25) is 0 Å². The Balaban J connectivity index is 0.000000701. The van der Waals surface area contributed by atoms with Gasteiger partial charge in [-0.15, -0.1) is 0 Å². The number of hydrogen-bond acceptors (Lipinski definition) is 2. The van der Waals surface area contributed by atoms with Gasteiger partial charge in [0.1, 0.15) is 5.75 Å². The summed E-state index contributed by atoms with van der Waals surface area (Å²) in [7, 11) is 9.87. The van der Waals surface area contributed by atoms with E-state index in [1.165, 1.54) is 0 Å². The molecule has 3 aromatic carbocycles. The molecule has 0 aliphatic heterocycles. The van der Waals surface area contributed by atoms with Crippen molar-refractivity contribution in [3.8, 4) is 16.9 Å². The number of benzene rings is 3. The van der Waals surface area contributed by atoms with Crippen LogP contribution >= 0.6 is 17.0 Å². The Hall–Kier alpha value is -1.41. The minimum absolute atomic E-state index is 0.261. The summed E-state index contributed by atoms with van der Waals surface area (Å²) in [5, 5.41) is 10.6. The van der Waals surface area contributed by atoms with Crippen LogP contribution in [0.1, 0.15) is 11.1 Å². The Labute approximate surface area is 166 Å². The van der Waals surface area contributed by atoms with E-state index in [1.807, 2.05) is 79.7 Å². The average molecular weight is 449 g/mol. The van der Waals surface area contributed by atoms with Crippen LogP contribution in [-0.4, -0.2) is 11.3 Å². The van der Waals surface area contributed by atoms with Crippen LogP contribution in [0.5, 0.6) is 5.75 Å². The molecule has 5 heteroatoms. The summed E-state index contributed by atoms with van der Waals surface area (Å²) < 4.78 is 0. The molecule has 0 saturated heterocycles. The van der Waals surface area contributed by atoms with Crippen molar-refractivity contribution in [2.24, 2.45) is 4.99 Å². The number of nitrogens with zero attached hydrogens (tertiary/aromatic N) is 1. The van der Waals surface area contributed by atoms with E-state index in [-0.39, 0.29) is 5.75 Å². The molecule has 0 aliphatic rings. The van der Waals surface area contributed by atoms with E-state index in [0.717, 1.165) is 27.9 Å². The van der Waals surface area contributed by atoms with Gasteiger partial charge in [0, 0.05) is 17.3 Å². The molecule has 0 bridgehead atoms. The summed E-state index contributed by atoms with van der Waals surface area (Å²) in [6, 6.07) is 23.5. The molecule has 0 heterocycles. The van der Waals surface area contributed by atoms with Crippen LogP contribution < -0.4 is 0 Å². The SMILES string of the molecule is Cc1cc(C=Nc2ccccc2)c(O)c(-c2ccccc2)c1.[Cl][Zr][Cl]. The second kappa shape index (κ2) is 10.6. The number of rotatable bonds is 3. The standard InChI is InChI=1S/C20H17NO.2ClH.Zr/c1-15-12-17(14-21-18-10-6-3-7-11-18)20(22)19(13-15)16-8-4-2-5-9-16;;;/h2-14,22H,1H3;2*1H;/q;;;+2/p-2. The number of aryl methyl sites for hydroxylation is 1. The molecular formula is C20H17Cl2NOZr. The molecule has 0 aliphatic carbocycles. The third-order valence-corrected chi connectivity index (χ3v) is 3.48. The van der Waals surface area contributed by atoms with Gasteiger partial charge in [0.25, 0.3) is 0 Å². The van der Waals surface area contributed by atoms with Gasteiger partial charge in [-0.2, -0.15) is 0 Å². The van der Waals surface area contributed by atoms with Crippen molar-refractivity contribution in [3.05, 3.63) is 83.9 Å². The van der Waals surface area contributed by atoms with Gasteiger partial charge in [-0.3, -0.25) is 4.99 Å². The second-order valence-corrected chi connectivity index (χ2v) is 9.01. The molecule has 0 unspecified atom stereocenters. The van der Waals surface area contributed by atoms with E-state index in [2.05, 4.69) is 4.99 Å². The minimum atomic E-state index is -0.826. The van der Waals surface area contributed by atoms with Crippen LogP contribution in [0.4, 0.5) is 5.69 Å². The summed E-state index contributed by atoms with van der Waals surface area (Å²) in [6.45, 7) is 2.02. The molecule has 1 N–H and O–H groups in total. The van der Waals surface area contributed by atoms with Gasteiger partial charge in [0.15, 0.2) is 0 Å². The topological polar surface area (TPSA) is 32.6 Å². The van der Waals surface area contributed by atoms with Gasteiger partial charge in [-0.25, -0.2) is 0 Å². The van der Waals surface area contributed by atoms with Crippen LogP contribution in [-0.2, 0) is 20.8 Å². The first kappa shape index (κ1) is 19.9. The Morgan fingerprint density at radius 1 is 0.920 bits per heavy atom. The van der Waals surface area contributed by atoms with E-state index in [9.17, 15) is 5.11 Å². The van der Waals surface area contributed by atoms with E-state index < -0.39 is 20.8 Å².